The number of rotatable bonds is 5. The first-order chi connectivity index (χ1) is 10.2. The van der Waals surface area contributed by atoms with E-state index in [1.165, 1.54) is 28.0 Å². The molecule has 1 aliphatic heterocycles. The van der Waals surface area contributed by atoms with Crippen molar-refractivity contribution < 1.29 is 4.74 Å². The Morgan fingerprint density at radius 2 is 2.05 bits per heavy atom. The number of hydrogen-bond donors (Lipinski definition) is 1. The van der Waals surface area contributed by atoms with E-state index in [1.807, 2.05) is 6.07 Å². The van der Waals surface area contributed by atoms with Gasteiger partial charge in [0.1, 0.15) is 0 Å². The summed E-state index contributed by atoms with van der Waals surface area (Å²) in [5.74, 6) is 0. The molecule has 1 aliphatic rings. The van der Waals surface area contributed by atoms with Gasteiger partial charge in [-0.3, -0.25) is 0 Å². The highest BCUT2D eigenvalue weighted by atomic mass is 35.5. The van der Waals surface area contributed by atoms with E-state index < -0.39 is 0 Å². The van der Waals surface area contributed by atoms with Crippen LogP contribution in [0.5, 0.6) is 0 Å². The lowest BCUT2D eigenvalue weighted by Gasteiger charge is -2.19. The SMILES string of the molecule is CCCNC(c1ccc2c(c1)COC2)c1cc(Cl)sc1Cl. The molecule has 0 amide bonds. The van der Waals surface area contributed by atoms with Gasteiger partial charge in [0.25, 0.3) is 0 Å². The van der Waals surface area contributed by atoms with Gasteiger partial charge < -0.3 is 10.1 Å². The van der Waals surface area contributed by atoms with Crippen LogP contribution in [0.25, 0.3) is 0 Å². The van der Waals surface area contributed by atoms with Gasteiger partial charge in [0, 0.05) is 5.56 Å². The second-order valence-corrected chi connectivity index (χ2v) is 7.47. The molecular formula is C16H17Cl2NOS. The number of ether oxygens (including phenoxy) is 1. The molecule has 1 aromatic heterocycles. The minimum absolute atomic E-state index is 0.0760. The lowest BCUT2D eigenvalue weighted by atomic mass is 9.97. The van der Waals surface area contributed by atoms with Crippen LogP contribution in [0.3, 0.4) is 0 Å². The normalized spacial score (nSPS) is 15.2. The number of fused-ring (bicyclic) bond motifs is 1. The van der Waals surface area contributed by atoms with Crippen molar-refractivity contribution in [3.8, 4) is 0 Å². The maximum atomic E-state index is 6.36. The van der Waals surface area contributed by atoms with Gasteiger partial charge in [0.2, 0.25) is 0 Å². The van der Waals surface area contributed by atoms with Crippen LogP contribution in [-0.2, 0) is 18.0 Å². The Kier molecular flexibility index (Phi) is 4.87. The van der Waals surface area contributed by atoms with E-state index >= 15 is 0 Å². The Morgan fingerprint density at radius 1 is 1.24 bits per heavy atom. The van der Waals surface area contributed by atoms with Gasteiger partial charge in [0.15, 0.2) is 0 Å². The Morgan fingerprint density at radius 3 is 2.76 bits per heavy atom. The molecule has 0 saturated heterocycles. The lowest BCUT2D eigenvalue weighted by molar-refractivity contribution is 0.134. The van der Waals surface area contributed by atoms with Crippen molar-refractivity contribution in [2.75, 3.05) is 6.54 Å². The van der Waals surface area contributed by atoms with Crippen LogP contribution in [0, 0.1) is 0 Å². The molecule has 0 saturated carbocycles. The number of thiophene rings is 1. The van der Waals surface area contributed by atoms with Gasteiger partial charge in [-0.1, -0.05) is 48.3 Å². The summed E-state index contributed by atoms with van der Waals surface area (Å²) in [6, 6.07) is 8.57. The third kappa shape index (κ3) is 3.27. The molecule has 0 spiro atoms. The van der Waals surface area contributed by atoms with E-state index in [0.29, 0.717) is 13.2 Å². The van der Waals surface area contributed by atoms with Crippen LogP contribution in [-0.4, -0.2) is 6.54 Å². The fraction of sp³-hybridized carbons (Fsp3) is 0.375. The third-order valence-corrected chi connectivity index (χ3v) is 5.19. The van der Waals surface area contributed by atoms with Gasteiger partial charge in [-0.25, -0.2) is 0 Å². The van der Waals surface area contributed by atoms with Crippen LogP contribution in [0.4, 0.5) is 0 Å². The summed E-state index contributed by atoms with van der Waals surface area (Å²) in [6.45, 7) is 4.50. The molecule has 2 nitrogen and oxygen atoms in total. The maximum absolute atomic E-state index is 6.36. The molecule has 5 heteroatoms. The Hall–Kier alpha value is -0.580. The molecule has 1 N–H and O–H groups in total. The van der Waals surface area contributed by atoms with Gasteiger partial charge in [0.05, 0.1) is 27.9 Å². The Labute approximate surface area is 139 Å². The quantitative estimate of drug-likeness (QED) is 0.809. The van der Waals surface area contributed by atoms with E-state index in [4.69, 9.17) is 27.9 Å². The van der Waals surface area contributed by atoms with Crippen molar-refractivity contribution in [1.82, 2.24) is 5.32 Å². The lowest BCUT2D eigenvalue weighted by Crippen LogP contribution is -2.23. The minimum atomic E-state index is 0.0760. The second kappa shape index (κ2) is 6.67. The molecule has 2 heterocycles. The van der Waals surface area contributed by atoms with Crippen LogP contribution < -0.4 is 5.32 Å². The molecule has 0 fully saturated rings. The van der Waals surface area contributed by atoms with Gasteiger partial charge >= 0.3 is 0 Å². The van der Waals surface area contributed by atoms with Crippen LogP contribution >= 0.6 is 34.5 Å². The van der Waals surface area contributed by atoms with E-state index in [9.17, 15) is 0 Å². The Balaban J connectivity index is 1.97. The maximum Gasteiger partial charge on any atom is 0.0995 e. The molecular weight excluding hydrogens is 325 g/mol. The molecule has 1 unspecified atom stereocenters. The highest BCUT2D eigenvalue weighted by Gasteiger charge is 2.21. The standard InChI is InChI=1S/C16H17Cl2NOS/c1-2-5-19-15(13-7-14(17)21-16(13)18)10-3-4-11-8-20-9-12(11)6-10/h3-4,6-7,15,19H,2,5,8-9H2,1H3. The van der Waals surface area contributed by atoms with E-state index in [1.54, 1.807) is 0 Å². The first-order valence-electron chi connectivity index (χ1n) is 7.06. The summed E-state index contributed by atoms with van der Waals surface area (Å²) in [5.41, 5.74) is 4.82. The fourth-order valence-electron chi connectivity index (χ4n) is 2.62. The van der Waals surface area contributed by atoms with Crippen molar-refractivity contribution in [3.05, 3.63) is 55.2 Å². The van der Waals surface area contributed by atoms with Crippen molar-refractivity contribution in [2.45, 2.75) is 32.6 Å². The van der Waals surface area contributed by atoms with Crippen LogP contribution in [0.15, 0.2) is 24.3 Å². The van der Waals surface area contributed by atoms with Crippen LogP contribution in [0.2, 0.25) is 8.67 Å². The first-order valence-corrected chi connectivity index (χ1v) is 8.64. The van der Waals surface area contributed by atoms with E-state index in [0.717, 1.165) is 27.2 Å². The number of benzene rings is 1. The molecule has 2 aromatic rings. The molecule has 0 bridgehead atoms. The van der Waals surface area contributed by atoms with Gasteiger partial charge in [-0.2, -0.15) is 0 Å². The smallest absolute Gasteiger partial charge is 0.0995 e. The summed E-state index contributed by atoms with van der Waals surface area (Å²) < 4.78 is 6.98. The molecule has 1 aromatic carbocycles. The zero-order valence-electron chi connectivity index (χ0n) is 11.8. The van der Waals surface area contributed by atoms with Gasteiger partial charge in [-0.15, -0.1) is 11.3 Å². The van der Waals surface area contributed by atoms with Crippen molar-refractivity contribution in [3.63, 3.8) is 0 Å². The molecule has 3 rings (SSSR count). The topological polar surface area (TPSA) is 21.3 Å². The van der Waals surface area contributed by atoms with Crippen LogP contribution in [0.1, 0.15) is 41.6 Å². The summed E-state index contributed by atoms with van der Waals surface area (Å²) in [4.78, 5) is 0. The van der Waals surface area contributed by atoms with Crippen molar-refractivity contribution >= 4 is 34.5 Å². The molecule has 21 heavy (non-hydrogen) atoms. The minimum Gasteiger partial charge on any atom is -0.372 e. The predicted molar refractivity (Wildman–Crippen MR) is 89.4 cm³/mol. The van der Waals surface area contributed by atoms with Crippen molar-refractivity contribution in [1.29, 1.82) is 0 Å². The fourth-order valence-corrected chi connectivity index (χ4v) is 4.15. The number of halogens is 2. The number of hydrogen-bond acceptors (Lipinski definition) is 3. The monoisotopic (exact) mass is 341 g/mol. The second-order valence-electron chi connectivity index (χ2n) is 5.19. The summed E-state index contributed by atoms with van der Waals surface area (Å²) in [5, 5.41) is 3.57. The average Bonchev–Trinajstić information content (AvgIpc) is 3.05. The largest absolute Gasteiger partial charge is 0.372 e. The molecule has 0 aliphatic carbocycles. The summed E-state index contributed by atoms with van der Waals surface area (Å²) in [7, 11) is 0. The third-order valence-electron chi connectivity index (χ3n) is 3.67. The van der Waals surface area contributed by atoms with Gasteiger partial charge in [-0.05, 0) is 35.7 Å². The summed E-state index contributed by atoms with van der Waals surface area (Å²) >= 11 is 13.9. The Bertz CT molecular complexity index is 641. The molecule has 0 radical (unpaired) electrons. The molecule has 1 atom stereocenters. The average molecular weight is 342 g/mol. The first kappa shape index (κ1) is 15.3. The van der Waals surface area contributed by atoms with E-state index in [-0.39, 0.29) is 6.04 Å². The number of nitrogens with one attached hydrogen (secondary N) is 1. The zero-order valence-corrected chi connectivity index (χ0v) is 14.1. The van der Waals surface area contributed by atoms with E-state index in [2.05, 4.69) is 30.4 Å². The predicted octanol–water partition coefficient (Wildman–Crippen LogP) is 5.17. The highest BCUT2D eigenvalue weighted by molar-refractivity contribution is 7.20. The zero-order chi connectivity index (χ0) is 14.8. The van der Waals surface area contributed by atoms with Crippen molar-refractivity contribution in [2.24, 2.45) is 0 Å². The highest BCUT2D eigenvalue weighted by Crippen LogP contribution is 2.38. The molecule has 112 valence electrons. The summed E-state index contributed by atoms with van der Waals surface area (Å²) in [6.07, 6.45) is 1.07.